The highest BCUT2D eigenvalue weighted by atomic mass is 19.4. The number of ether oxygens (including phenoxy) is 1. The van der Waals surface area contributed by atoms with Crippen molar-refractivity contribution in [3.05, 3.63) is 64.7 Å². The van der Waals surface area contributed by atoms with E-state index in [2.05, 4.69) is 10.2 Å². The van der Waals surface area contributed by atoms with E-state index in [9.17, 15) is 31.1 Å². The zero-order valence-corrected chi connectivity index (χ0v) is 16.5. The molecule has 31 heavy (non-hydrogen) atoms. The molecule has 1 saturated heterocycles. The van der Waals surface area contributed by atoms with Crippen molar-refractivity contribution < 1.29 is 35.9 Å². The van der Waals surface area contributed by atoms with Crippen molar-refractivity contribution in [2.45, 2.75) is 25.3 Å². The first-order valence-electron chi connectivity index (χ1n) is 9.48. The van der Waals surface area contributed by atoms with Gasteiger partial charge in [-0.25, -0.2) is 0 Å². The quantitative estimate of drug-likeness (QED) is 0.669. The molecule has 168 valence electrons. The largest absolute Gasteiger partial charge is 0.416 e. The molecule has 4 nitrogen and oxygen atoms in total. The third-order valence-corrected chi connectivity index (χ3v) is 4.97. The van der Waals surface area contributed by atoms with Crippen LogP contribution in [-0.2, 0) is 17.1 Å². The van der Waals surface area contributed by atoms with Crippen molar-refractivity contribution >= 4 is 11.6 Å². The molecule has 0 aromatic heterocycles. The van der Waals surface area contributed by atoms with E-state index in [0.29, 0.717) is 30.9 Å². The summed E-state index contributed by atoms with van der Waals surface area (Å²) in [6, 6.07) is 7.38. The highest BCUT2D eigenvalue weighted by molar-refractivity contribution is 5.95. The number of nitrogens with one attached hydrogen (secondary N) is 1. The summed E-state index contributed by atoms with van der Waals surface area (Å²) in [4.78, 5) is 14.6. The summed E-state index contributed by atoms with van der Waals surface area (Å²) in [7, 11) is 0. The maximum Gasteiger partial charge on any atom is 0.416 e. The molecule has 1 heterocycles. The molecule has 1 unspecified atom stereocenters. The van der Waals surface area contributed by atoms with Gasteiger partial charge >= 0.3 is 12.4 Å². The van der Waals surface area contributed by atoms with Crippen LogP contribution in [0.2, 0.25) is 0 Å². The number of hydrogen-bond acceptors (Lipinski definition) is 3. The first-order chi connectivity index (χ1) is 14.4. The Morgan fingerprint density at radius 3 is 1.94 bits per heavy atom. The van der Waals surface area contributed by atoms with Crippen LogP contribution in [0.25, 0.3) is 0 Å². The van der Waals surface area contributed by atoms with Gasteiger partial charge in [0.05, 0.1) is 30.4 Å². The molecule has 2 aromatic carbocycles. The number of hydrogen-bond donors (Lipinski definition) is 1. The number of morpholine rings is 1. The van der Waals surface area contributed by atoms with Gasteiger partial charge < -0.3 is 15.0 Å². The average molecular weight is 446 g/mol. The predicted molar refractivity (Wildman–Crippen MR) is 102 cm³/mol. The fourth-order valence-corrected chi connectivity index (χ4v) is 3.24. The molecular formula is C21H20F6N2O2. The fourth-order valence-electron chi connectivity index (χ4n) is 3.24. The molecule has 1 N–H and O–H groups in total. The average Bonchev–Trinajstić information content (AvgIpc) is 2.73. The zero-order valence-electron chi connectivity index (χ0n) is 16.5. The first-order valence-corrected chi connectivity index (χ1v) is 9.48. The van der Waals surface area contributed by atoms with Crippen molar-refractivity contribution in [2.24, 2.45) is 0 Å². The molecule has 0 saturated carbocycles. The van der Waals surface area contributed by atoms with Gasteiger partial charge in [-0.1, -0.05) is 12.1 Å². The van der Waals surface area contributed by atoms with Crippen molar-refractivity contribution in [2.75, 3.05) is 31.2 Å². The van der Waals surface area contributed by atoms with Gasteiger partial charge in [0, 0.05) is 24.3 Å². The zero-order chi connectivity index (χ0) is 22.8. The van der Waals surface area contributed by atoms with Gasteiger partial charge in [0.15, 0.2) is 0 Å². The van der Waals surface area contributed by atoms with Gasteiger partial charge in [-0.15, -0.1) is 0 Å². The molecular weight excluding hydrogens is 426 g/mol. The second-order valence-electron chi connectivity index (χ2n) is 7.18. The Bertz CT molecular complexity index is 887. The normalized spacial score (nSPS) is 16.2. The van der Waals surface area contributed by atoms with E-state index >= 15 is 0 Å². The van der Waals surface area contributed by atoms with E-state index in [4.69, 9.17) is 4.74 Å². The Hall–Kier alpha value is -2.75. The van der Waals surface area contributed by atoms with Gasteiger partial charge in [0.2, 0.25) is 0 Å². The molecule has 0 spiro atoms. The smallest absolute Gasteiger partial charge is 0.378 e. The van der Waals surface area contributed by atoms with E-state index < -0.39 is 41.0 Å². The van der Waals surface area contributed by atoms with Gasteiger partial charge in [0.25, 0.3) is 5.91 Å². The minimum Gasteiger partial charge on any atom is -0.378 e. The van der Waals surface area contributed by atoms with E-state index in [1.54, 1.807) is 19.1 Å². The van der Waals surface area contributed by atoms with Crippen molar-refractivity contribution in [3.63, 3.8) is 0 Å². The number of nitrogens with zero attached hydrogens (tertiary/aromatic N) is 1. The molecule has 1 aliphatic heterocycles. The van der Waals surface area contributed by atoms with Crippen LogP contribution < -0.4 is 10.2 Å². The van der Waals surface area contributed by atoms with Gasteiger partial charge in [-0.3, -0.25) is 4.79 Å². The summed E-state index contributed by atoms with van der Waals surface area (Å²) in [6.07, 6.45) is -10.0. The van der Waals surface area contributed by atoms with Crippen molar-refractivity contribution in [1.29, 1.82) is 0 Å². The number of carbonyl (C=O) groups is 1. The van der Waals surface area contributed by atoms with Crippen LogP contribution in [0.4, 0.5) is 32.0 Å². The van der Waals surface area contributed by atoms with E-state index in [1.807, 2.05) is 12.1 Å². The Morgan fingerprint density at radius 1 is 0.935 bits per heavy atom. The molecule has 1 amide bonds. The Balaban J connectivity index is 1.77. The van der Waals surface area contributed by atoms with Gasteiger partial charge in [-0.2, -0.15) is 26.3 Å². The maximum absolute atomic E-state index is 13.0. The monoisotopic (exact) mass is 446 g/mol. The number of carbonyl (C=O) groups excluding carboxylic acids is 1. The lowest BCUT2D eigenvalue weighted by Gasteiger charge is -2.29. The highest BCUT2D eigenvalue weighted by Crippen LogP contribution is 2.36. The van der Waals surface area contributed by atoms with Crippen LogP contribution in [0.1, 0.15) is 40.0 Å². The predicted octanol–water partition coefficient (Wildman–Crippen LogP) is 5.05. The molecule has 1 atom stereocenters. The van der Waals surface area contributed by atoms with Crippen molar-refractivity contribution in [3.8, 4) is 0 Å². The van der Waals surface area contributed by atoms with Crippen molar-refractivity contribution in [1.82, 2.24) is 5.32 Å². The van der Waals surface area contributed by atoms with Crippen LogP contribution in [0.3, 0.4) is 0 Å². The SMILES string of the molecule is CC(NC(=O)c1cc(C(F)(F)F)cc(C(F)(F)F)c1)c1ccc(N2CCOCC2)cc1. The number of benzene rings is 2. The second kappa shape index (κ2) is 8.78. The third-order valence-electron chi connectivity index (χ3n) is 4.97. The number of alkyl halides is 6. The lowest BCUT2D eigenvalue weighted by atomic mass is 10.0. The van der Waals surface area contributed by atoms with Crippen LogP contribution in [0, 0.1) is 0 Å². The third kappa shape index (κ3) is 5.69. The summed E-state index contributed by atoms with van der Waals surface area (Å²) < 4.78 is 83.3. The van der Waals surface area contributed by atoms with Gasteiger partial charge in [-0.05, 0) is 42.8 Å². The topological polar surface area (TPSA) is 41.6 Å². The second-order valence-corrected chi connectivity index (χ2v) is 7.18. The van der Waals surface area contributed by atoms with E-state index in [-0.39, 0.29) is 6.07 Å². The Kier molecular flexibility index (Phi) is 6.49. The van der Waals surface area contributed by atoms with Crippen LogP contribution in [0.5, 0.6) is 0 Å². The number of anilines is 1. The molecule has 1 fully saturated rings. The Morgan fingerprint density at radius 2 is 1.45 bits per heavy atom. The Labute approximate surface area is 174 Å². The maximum atomic E-state index is 13.0. The van der Waals surface area contributed by atoms with Crippen LogP contribution in [0.15, 0.2) is 42.5 Å². The summed E-state index contributed by atoms with van der Waals surface area (Å²) in [5.41, 5.74) is -2.16. The molecule has 10 heteroatoms. The first kappa shape index (κ1) is 22.9. The molecule has 0 radical (unpaired) electrons. The number of rotatable bonds is 4. The minimum atomic E-state index is -5.02. The van der Waals surface area contributed by atoms with Crippen LogP contribution in [-0.4, -0.2) is 32.2 Å². The highest BCUT2D eigenvalue weighted by Gasteiger charge is 2.37. The number of halogens is 6. The molecule has 2 aromatic rings. The molecule has 1 aliphatic rings. The summed E-state index contributed by atoms with van der Waals surface area (Å²) in [5.74, 6) is -1.03. The molecule has 0 aliphatic carbocycles. The lowest BCUT2D eigenvalue weighted by Crippen LogP contribution is -2.36. The van der Waals surface area contributed by atoms with Gasteiger partial charge in [0.1, 0.15) is 0 Å². The fraction of sp³-hybridized carbons (Fsp3) is 0.381. The van der Waals surface area contributed by atoms with Crippen LogP contribution >= 0.6 is 0 Å². The minimum absolute atomic E-state index is 0.00936. The molecule has 0 bridgehead atoms. The number of amides is 1. The molecule has 3 rings (SSSR count). The van der Waals surface area contributed by atoms with E-state index in [1.165, 1.54) is 0 Å². The summed E-state index contributed by atoms with van der Waals surface area (Å²) >= 11 is 0. The standard InChI is InChI=1S/C21H20F6N2O2/c1-13(14-2-4-18(5-3-14)29-6-8-31-9-7-29)28-19(30)15-10-16(20(22,23)24)12-17(11-15)21(25,26)27/h2-5,10-13H,6-9H2,1H3,(H,28,30). The van der Waals surface area contributed by atoms with E-state index in [0.717, 1.165) is 18.8 Å². The summed E-state index contributed by atoms with van der Waals surface area (Å²) in [5, 5.41) is 2.46. The lowest BCUT2D eigenvalue weighted by molar-refractivity contribution is -0.143. The summed E-state index contributed by atoms with van der Waals surface area (Å²) in [6.45, 7) is 4.31.